The monoisotopic (exact) mass is 385 g/mol. The molecule has 0 radical (unpaired) electrons. The smallest absolute Gasteiger partial charge is 0.226 e. The number of amides is 1. The van der Waals surface area contributed by atoms with E-state index >= 15 is 0 Å². The molecule has 0 atom stereocenters. The summed E-state index contributed by atoms with van der Waals surface area (Å²) in [6, 6.07) is 4.52. The van der Waals surface area contributed by atoms with Crippen molar-refractivity contribution in [3.63, 3.8) is 0 Å². The standard InChI is InChI=1S/C19H28FNO4S/c1-19(2,3)26(23,24)13-14-7-9-21(10-8-14)18(22)12-15-5-6-17(25-4)16(20)11-15/h5-6,11,14H,7-10,12-13H2,1-4H3. The summed E-state index contributed by atoms with van der Waals surface area (Å²) in [6.45, 7) is 6.24. The zero-order chi connectivity index (χ0) is 19.5. The van der Waals surface area contributed by atoms with Gasteiger partial charge in [-0.25, -0.2) is 12.8 Å². The first-order valence-electron chi connectivity index (χ1n) is 8.86. The number of carbonyl (C=O) groups excluding carboxylic acids is 1. The second-order valence-corrected chi connectivity index (χ2v) is 10.7. The van der Waals surface area contributed by atoms with E-state index in [-0.39, 0.29) is 29.7 Å². The molecule has 0 bridgehead atoms. The van der Waals surface area contributed by atoms with Crippen molar-refractivity contribution in [2.24, 2.45) is 5.92 Å². The number of methoxy groups -OCH3 is 1. The Labute approximate surface area is 155 Å². The van der Waals surface area contributed by atoms with Crippen LogP contribution in [0.2, 0.25) is 0 Å². The van der Waals surface area contributed by atoms with E-state index in [4.69, 9.17) is 4.74 Å². The minimum Gasteiger partial charge on any atom is -0.494 e. The lowest BCUT2D eigenvalue weighted by molar-refractivity contribution is -0.131. The van der Waals surface area contributed by atoms with Gasteiger partial charge in [-0.3, -0.25) is 4.79 Å². The van der Waals surface area contributed by atoms with E-state index in [1.54, 1.807) is 31.7 Å². The zero-order valence-corrected chi connectivity index (χ0v) is 16.7. The summed E-state index contributed by atoms with van der Waals surface area (Å²) < 4.78 is 42.5. The maximum atomic E-state index is 13.7. The molecule has 1 aliphatic heterocycles. The van der Waals surface area contributed by atoms with Crippen LogP contribution in [-0.4, -0.2) is 49.9 Å². The van der Waals surface area contributed by atoms with Gasteiger partial charge in [0.1, 0.15) is 0 Å². The quantitative estimate of drug-likeness (QED) is 0.782. The molecule has 0 aliphatic carbocycles. The lowest BCUT2D eigenvalue weighted by Crippen LogP contribution is -2.42. The van der Waals surface area contributed by atoms with E-state index in [0.717, 1.165) is 0 Å². The first-order valence-corrected chi connectivity index (χ1v) is 10.5. The van der Waals surface area contributed by atoms with Gasteiger partial charge in [0.2, 0.25) is 5.91 Å². The summed E-state index contributed by atoms with van der Waals surface area (Å²) in [4.78, 5) is 14.2. The highest BCUT2D eigenvalue weighted by Crippen LogP contribution is 2.25. The first-order chi connectivity index (χ1) is 12.0. The number of hydrogen-bond donors (Lipinski definition) is 0. The van der Waals surface area contributed by atoms with E-state index in [1.807, 2.05) is 0 Å². The maximum Gasteiger partial charge on any atom is 0.226 e. The van der Waals surface area contributed by atoms with Crippen molar-refractivity contribution in [1.82, 2.24) is 4.90 Å². The number of halogens is 1. The Bertz CT molecular complexity index is 747. The number of ether oxygens (including phenoxy) is 1. The van der Waals surface area contributed by atoms with Crippen molar-refractivity contribution in [3.8, 4) is 5.75 Å². The van der Waals surface area contributed by atoms with Crippen LogP contribution in [0, 0.1) is 11.7 Å². The maximum absolute atomic E-state index is 13.7. The average molecular weight is 386 g/mol. The SMILES string of the molecule is COc1ccc(CC(=O)N2CCC(CS(=O)(=O)C(C)(C)C)CC2)cc1F. The van der Waals surface area contributed by atoms with E-state index in [2.05, 4.69) is 0 Å². The molecule has 1 aliphatic rings. The molecule has 0 spiro atoms. The van der Waals surface area contributed by atoms with Crippen LogP contribution in [0.5, 0.6) is 5.75 Å². The molecule has 2 rings (SSSR count). The van der Waals surface area contributed by atoms with Gasteiger partial charge in [-0.05, 0) is 57.2 Å². The number of carbonyl (C=O) groups is 1. The van der Waals surface area contributed by atoms with Gasteiger partial charge >= 0.3 is 0 Å². The van der Waals surface area contributed by atoms with Gasteiger partial charge in [-0.1, -0.05) is 6.07 Å². The molecule has 1 fully saturated rings. The second kappa shape index (κ2) is 7.94. The highest BCUT2D eigenvalue weighted by molar-refractivity contribution is 7.92. The van der Waals surface area contributed by atoms with Gasteiger partial charge in [0.05, 0.1) is 24.0 Å². The van der Waals surface area contributed by atoms with Crippen LogP contribution in [-0.2, 0) is 21.1 Å². The summed E-state index contributed by atoms with van der Waals surface area (Å²) in [5.74, 6) is -0.137. The molecule has 1 aromatic rings. The topological polar surface area (TPSA) is 63.7 Å². The van der Waals surface area contributed by atoms with Crippen LogP contribution in [0.1, 0.15) is 39.2 Å². The summed E-state index contributed by atoms with van der Waals surface area (Å²) >= 11 is 0. The normalized spacial score (nSPS) is 16.6. The van der Waals surface area contributed by atoms with E-state index in [9.17, 15) is 17.6 Å². The predicted molar refractivity (Wildman–Crippen MR) is 99.5 cm³/mol. The molecule has 1 amide bonds. The fourth-order valence-electron chi connectivity index (χ4n) is 3.02. The number of hydrogen-bond acceptors (Lipinski definition) is 4. The van der Waals surface area contributed by atoms with Crippen LogP contribution >= 0.6 is 0 Å². The van der Waals surface area contributed by atoms with Crippen LogP contribution < -0.4 is 4.74 Å². The summed E-state index contributed by atoms with van der Waals surface area (Å²) in [5.41, 5.74) is 0.603. The van der Waals surface area contributed by atoms with Gasteiger partial charge < -0.3 is 9.64 Å². The third-order valence-electron chi connectivity index (χ3n) is 4.93. The van der Waals surface area contributed by atoms with Crippen LogP contribution in [0.25, 0.3) is 0 Å². The molecule has 1 heterocycles. The lowest BCUT2D eigenvalue weighted by atomic mass is 9.98. The molecule has 0 aromatic heterocycles. The highest BCUT2D eigenvalue weighted by atomic mass is 32.2. The van der Waals surface area contributed by atoms with Crippen molar-refractivity contribution in [2.75, 3.05) is 26.0 Å². The third-order valence-corrected chi connectivity index (χ3v) is 7.70. The molecular weight excluding hydrogens is 357 g/mol. The molecule has 5 nitrogen and oxygen atoms in total. The van der Waals surface area contributed by atoms with Gasteiger partial charge in [-0.15, -0.1) is 0 Å². The zero-order valence-electron chi connectivity index (χ0n) is 15.9. The Morgan fingerprint density at radius 3 is 2.38 bits per heavy atom. The van der Waals surface area contributed by atoms with E-state index in [0.29, 0.717) is 31.5 Å². The van der Waals surface area contributed by atoms with Crippen LogP contribution in [0.4, 0.5) is 4.39 Å². The van der Waals surface area contributed by atoms with Crippen molar-refractivity contribution in [3.05, 3.63) is 29.6 Å². The molecule has 146 valence electrons. The predicted octanol–water partition coefficient (Wildman–Crippen LogP) is 2.83. The van der Waals surface area contributed by atoms with Gasteiger partial charge in [0, 0.05) is 13.1 Å². The number of sulfone groups is 1. The summed E-state index contributed by atoms with van der Waals surface area (Å²) in [6.07, 6.45) is 1.49. The number of benzene rings is 1. The molecule has 0 unspecified atom stereocenters. The second-order valence-electron chi connectivity index (χ2n) is 7.86. The number of nitrogens with zero attached hydrogens (tertiary/aromatic N) is 1. The minimum absolute atomic E-state index is 0.0632. The average Bonchev–Trinajstić information content (AvgIpc) is 2.54. The molecule has 26 heavy (non-hydrogen) atoms. The van der Waals surface area contributed by atoms with Crippen LogP contribution in [0.15, 0.2) is 18.2 Å². The van der Waals surface area contributed by atoms with Crippen LogP contribution in [0.3, 0.4) is 0 Å². The molecule has 7 heteroatoms. The fourth-order valence-corrected chi connectivity index (χ4v) is 4.47. The Morgan fingerprint density at radius 2 is 1.88 bits per heavy atom. The van der Waals surface area contributed by atoms with Gasteiger partial charge in [-0.2, -0.15) is 0 Å². The largest absolute Gasteiger partial charge is 0.494 e. The molecule has 0 saturated carbocycles. The van der Waals surface area contributed by atoms with Crippen molar-refractivity contribution < 1.29 is 22.3 Å². The summed E-state index contributed by atoms with van der Waals surface area (Å²) in [5, 5.41) is 0. The Balaban J connectivity index is 1.89. The lowest BCUT2D eigenvalue weighted by Gasteiger charge is -2.33. The van der Waals surface area contributed by atoms with E-state index < -0.39 is 20.4 Å². The minimum atomic E-state index is -3.15. The van der Waals surface area contributed by atoms with Gasteiger partial charge in [0.15, 0.2) is 21.4 Å². The Hall–Kier alpha value is -1.63. The fraction of sp³-hybridized carbons (Fsp3) is 0.632. The molecule has 1 aromatic carbocycles. The Morgan fingerprint density at radius 1 is 1.27 bits per heavy atom. The highest BCUT2D eigenvalue weighted by Gasteiger charge is 2.33. The van der Waals surface area contributed by atoms with Crippen molar-refractivity contribution in [2.45, 2.75) is 44.8 Å². The third kappa shape index (κ3) is 4.96. The van der Waals surface area contributed by atoms with Crippen molar-refractivity contribution >= 4 is 15.7 Å². The van der Waals surface area contributed by atoms with E-state index in [1.165, 1.54) is 19.2 Å². The Kier molecular flexibility index (Phi) is 6.32. The number of likely N-dealkylation sites (tertiary alicyclic amines) is 1. The first kappa shape index (κ1) is 20.7. The number of rotatable bonds is 5. The molecular formula is C19H28FNO4S. The van der Waals surface area contributed by atoms with Gasteiger partial charge in [0.25, 0.3) is 0 Å². The number of piperidine rings is 1. The molecule has 1 saturated heterocycles. The molecule has 0 N–H and O–H groups in total. The summed E-state index contributed by atoms with van der Waals surface area (Å²) in [7, 11) is -1.76. The van der Waals surface area contributed by atoms with Crippen molar-refractivity contribution in [1.29, 1.82) is 0 Å².